The normalized spacial score (nSPS) is 14.0. The van der Waals surface area contributed by atoms with E-state index in [1.807, 2.05) is 11.3 Å². The summed E-state index contributed by atoms with van der Waals surface area (Å²) in [5.41, 5.74) is 0.144. The summed E-state index contributed by atoms with van der Waals surface area (Å²) >= 11 is 1.87. The fourth-order valence-corrected chi connectivity index (χ4v) is 3.12. The first-order chi connectivity index (χ1) is 10.3. The lowest BCUT2D eigenvalue weighted by Gasteiger charge is -2.20. The van der Waals surface area contributed by atoms with Gasteiger partial charge in [0, 0.05) is 40.8 Å². The Morgan fingerprint density at radius 1 is 1.32 bits per heavy atom. The molecule has 0 spiro atoms. The second-order valence-corrected chi connectivity index (χ2v) is 8.07. The van der Waals surface area contributed by atoms with Gasteiger partial charge in [0.1, 0.15) is 0 Å². The van der Waals surface area contributed by atoms with Crippen LogP contribution >= 0.6 is 11.3 Å². The summed E-state index contributed by atoms with van der Waals surface area (Å²) in [5, 5.41) is 10.3. The second-order valence-electron chi connectivity index (χ2n) is 6.70. The molecule has 126 valence electrons. The van der Waals surface area contributed by atoms with Crippen LogP contribution in [0.5, 0.6) is 0 Å². The molecule has 1 atom stereocenters. The van der Waals surface area contributed by atoms with Gasteiger partial charge < -0.3 is 16.0 Å². The topological polar surface area (TPSA) is 48.5 Å². The van der Waals surface area contributed by atoms with E-state index in [1.165, 1.54) is 9.75 Å². The largest absolute Gasteiger partial charge is 0.357 e. The van der Waals surface area contributed by atoms with E-state index >= 15 is 0 Å². The average Bonchev–Trinajstić information content (AvgIpc) is 2.79. The quantitative estimate of drug-likeness (QED) is 0.411. The van der Waals surface area contributed by atoms with Crippen molar-refractivity contribution in [2.45, 2.75) is 59.5 Å². The molecule has 0 aliphatic heterocycles. The van der Waals surface area contributed by atoms with Crippen molar-refractivity contribution in [2.75, 3.05) is 19.6 Å². The number of rotatable bonds is 7. The molecule has 0 aliphatic carbocycles. The molecule has 0 saturated carbocycles. The van der Waals surface area contributed by atoms with Gasteiger partial charge in [-0.1, -0.05) is 0 Å². The highest BCUT2D eigenvalue weighted by atomic mass is 32.1. The number of aryl methyl sites for hydroxylation is 1. The molecule has 22 heavy (non-hydrogen) atoms. The fraction of sp³-hybridized carbons (Fsp3) is 0.706. The zero-order chi connectivity index (χ0) is 16.6. The van der Waals surface area contributed by atoms with Crippen LogP contribution in [0, 0.1) is 6.92 Å². The lowest BCUT2D eigenvalue weighted by Crippen LogP contribution is -2.44. The zero-order valence-corrected chi connectivity index (χ0v) is 15.7. The molecule has 3 N–H and O–H groups in total. The predicted molar refractivity (Wildman–Crippen MR) is 99.1 cm³/mol. The van der Waals surface area contributed by atoms with Crippen LogP contribution in [0.4, 0.5) is 0 Å². The van der Waals surface area contributed by atoms with Crippen molar-refractivity contribution in [1.82, 2.24) is 16.0 Å². The van der Waals surface area contributed by atoms with Gasteiger partial charge in [-0.15, -0.1) is 11.3 Å². The Balaban J connectivity index is 2.44. The van der Waals surface area contributed by atoms with E-state index in [-0.39, 0.29) is 5.54 Å². The molecular formula is C17H32N4S. The maximum absolute atomic E-state index is 4.64. The van der Waals surface area contributed by atoms with Gasteiger partial charge in [0.2, 0.25) is 0 Å². The van der Waals surface area contributed by atoms with Gasteiger partial charge in [0.25, 0.3) is 0 Å². The molecule has 4 nitrogen and oxygen atoms in total. The second kappa shape index (κ2) is 9.16. The summed E-state index contributed by atoms with van der Waals surface area (Å²) in [6, 6.07) is 4.77. The monoisotopic (exact) mass is 324 g/mol. The van der Waals surface area contributed by atoms with Crippen LogP contribution in [0.1, 0.15) is 44.4 Å². The first-order valence-electron chi connectivity index (χ1n) is 8.15. The van der Waals surface area contributed by atoms with Gasteiger partial charge in [-0.2, -0.15) is 0 Å². The van der Waals surface area contributed by atoms with Crippen molar-refractivity contribution in [3.8, 4) is 0 Å². The minimum absolute atomic E-state index is 0.144. The summed E-state index contributed by atoms with van der Waals surface area (Å²) in [4.78, 5) is 7.43. The number of nitrogens with zero attached hydrogens (tertiary/aromatic N) is 1. The molecule has 0 aliphatic rings. The van der Waals surface area contributed by atoms with Gasteiger partial charge in [-0.25, -0.2) is 0 Å². The first kappa shape index (κ1) is 19.0. The molecule has 0 fully saturated rings. The highest BCUT2D eigenvalue weighted by Crippen LogP contribution is 2.16. The summed E-state index contributed by atoms with van der Waals surface area (Å²) in [5.74, 6) is 0.902. The van der Waals surface area contributed by atoms with Gasteiger partial charge in [0.05, 0.1) is 6.54 Å². The maximum atomic E-state index is 4.64. The fourth-order valence-electron chi connectivity index (χ4n) is 2.10. The van der Waals surface area contributed by atoms with Crippen molar-refractivity contribution in [2.24, 2.45) is 4.99 Å². The van der Waals surface area contributed by atoms with E-state index in [1.54, 1.807) is 0 Å². The predicted octanol–water partition coefficient (Wildman–Crippen LogP) is 2.93. The third-order valence-corrected chi connectivity index (χ3v) is 4.09. The maximum Gasteiger partial charge on any atom is 0.191 e. The lowest BCUT2D eigenvalue weighted by atomic mass is 10.1. The number of guanidine groups is 1. The Kier molecular flexibility index (Phi) is 7.90. The van der Waals surface area contributed by atoms with E-state index in [4.69, 9.17) is 0 Å². The molecule has 0 amide bonds. The summed E-state index contributed by atoms with van der Waals surface area (Å²) in [7, 11) is 0. The average molecular weight is 325 g/mol. The molecule has 1 rings (SSSR count). The van der Waals surface area contributed by atoms with Gasteiger partial charge in [-0.3, -0.25) is 4.99 Å². The highest BCUT2D eigenvalue weighted by Gasteiger charge is 2.09. The van der Waals surface area contributed by atoms with E-state index < -0.39 is 0 Å². The molecular weight excluding hydrogens is 292 g/mol. The van der Waals surface area contributed by atoms with Gasteiger partial charge >= 0.3 is 0 Å². The number of aliphatic imine (C=N–C) groups is 1. The molecule has 0 aromatic carbocycles. The Morgan fingerprint density at radius 3 is 2.59 bits per heavy atom. The van der Waals surface area contributed by atoms with Crippen molar-refractivity contribution in [3.63, 3.8) is 0 Å². The van der Waals surface area contributed by atoms with Crippen LogP contribution < -0.4 is 16.0 Å². The molecule has 0 saturated heterocycles. The summed E-state index contributed by atoms with van der Waals surface area (Å²) < 4.78 is 0. The SMILES string of the molecule is CCNC(=NCCNC(C)(C)C)NC(C)Cc1ccc(C)s1. The van der Waals surface area contributed by atoms with Crippen LogP contribution in [0.2, 0.25) is 0 Å². The van der Waals surface area contributed by atoms with E-state index in [9.17, 15) is 0 Å². The highest BCUT2D eigenvalue weighted by molar-refractivity contribution is 7.11. The standard InChI is InChI=1S/C17H32N4S/c1-7-18-16(19-10-11-20-17(4,5)6)21-13(2)12-15-9-8-14(3)22-15/h8-9,13,20H,7,10-12H2,1-6H3,(H2,18,19,21). The van der Waals surface area contributed by atoms with Crippen LogP contribution in [-0.4, -0.2) is 37.2 Å². The smallest absolute Gasteiger partial charge is 0.191 e. The van der Waals surface area contributed by atoms with Crippen LogP contribution in [0.25, 0.3) is 0 Å². The van der Waals surface area contributed by atoms with Crippen LogP contribution in [0.3, 0.4) is 0 Å². The number of thiophene rings is 1. The van der Waals surface area contributed by atoms with Crippen LogP contribution in [-0.2, 0) is 6.42 Å². The third-order valence-electron chi connectivity index (χ3n) is 3.07. The molecule has 1 aromatic rings. The Labute approximate surface area is 139 Å². The Bertz CT molecular complexity index is 459. The molecule has 0 radical (unpaired) electrons. The molecule has 1 unspecified atom stereocenters. The Hall–Kier alpha value is -1.07. The zero-order valence-electron chi connectivity index (χ0n) is 14.9. The molecule has 1 aromatic heterocycles. The van der Waals surface area contributed by atoms with Crippen LogP contribution in [0.15, 0.2) is 17.1 Å². The van der Waals surface area contributed by atoms with Gasteiger partial charge in [-0.05, 0) is 53.7 Å². The number of hydrogen-bond acceptors (Lipinski definition) is 3. The van der Waals surface area contributed by atoms with Crippen molar-refractivity contribution in [3.05, 3.63) is 21.9 Å². The molecule has 1 heterocycles. The molecule has 5 heteroatoms. The number of hydrogen-bond donors (Lipinski definition) is 3. The first-order valence-corrected chi connectivity index (χ1v) is 8.97. The van der Waals surface area contributed by atoms with Crippen molar-refractivity contribution < 1.29 is 0 Å². The van der Waals surface area contributed by atoms with Crippen molar-refractivity contribution >= 4 is 17.3 Å². The Morgan fingerprint density at radius 2 is 2.05 bits per heavy atom. The lowest BCUT2D eigenvalue weighted by molar-refractivity contribution is 0.432. The van der Waals surface area contributed by atoms with Gasteiger partial charge in [0.15, 0.2) is 5.96 Å². The summed E-state index contributed by atoms with van der Waals surface area (Å²) in [6.07, 6.45) is 1.03. The van der Waals surface area contributed by atoms with E-state index in [0.29, 0.717) is 6.04 Å². The third kappa shape index (κ3) is 8.39. The molecule has 0 bridgehead atoms. The number of nitrogens with one attached hydrogen (secondary N) is 3. The summed E-state index contributed by atoms with van der Waals surface area (Å²) in [6.45, 7) is 15.5. The van der Waals surface area contributed by atoms with E-state index in [2.05, 4.69) is 74.6 Å². The minimum atomic E-state index is 0.144. The van der Waals surface area contributed by atoms with Crippen molar-refractivity contribution in [1.29, 1.82) is 0 Å². The van der Waals surface area contributed by atoms with E-state index in [0.717, 1.165) is 32.0 Å². The minimum Gasteiger partial charge on any atom is -0.357 e.